The molecular weight excluding hydrogens is 271 g/mol. The zero-order chi connectivity index (χ0) is 15.6. The summed E-state index contributed by atoms with van der Waals surface area (Å²) in [7, 11) is 3.68. The molecule has 0 aliphatic rings. The van der Waals surface area contributed by atoms with Crippen LogP contribution >= 0.6 is 0 Å². The van der Waals surface area contributed by atoms with Crippen LogP contribution in [-0.4, -0.2) is 29.0 Å². The summed E-state index contributed by atoms with van der Waals surface area (Å²) in [5.41, 5.74) is 0.565. The molecule has 5 nitrogen and oxygen atoms in total. The quantitative estimate of drug-likeness (QED) is 0.864. The number of rotatable bonds is 4. The summed E-state index contributed by atoms with van der Waals surface area (Å²) < 4.78 is 19.1. The highest BCUT2D eigenvalue weighted by atomic mass is 19.1. The molecule has 0 fully saturated rings. The van der Waals surface area contributed by atoms with Gasteiger partial charge in [0.05, 0.1) is 0 Å². The molecule has 21 heavy (non-hydrogen) atoms. The molecule has 0 aliphatic carbocycles. The molecule has 0 bridgehead atoms. The maximum atomic E-state index is 13.6. The zero-order valence-corrected chi connectivity index (χ0v) is 12.9. The van der Waals surface area contributed by atoms with Gasteiger partial charge in [-0.05, 0) is 18.6 Å². The van der Waals surface area contributed by atoms with Gasteiger partial charge in [-0.1, -0.05) is 19.9 Å². The molecule has 2 rings (SSSR count). The Morgan fingerprint density at radius 2 is 1.86 bits per heavy atom. The van der Waals surface area contributed by atoms with Crippen LogP contribution in [0, 0.1) is 12.7 Å². The van der Waals surface area contributed by atoms with Crippen molar-refractivity contribution in [3.8, 4) is 11.8 Å². The Morgan fingerprint density at radius 3 is 2.43 bits per heavy atom. The van der Waals surface area contributed by atoms with Crippen molar-refractivity contribution in [3.05, 3.63) is 35.4 Å². The van der Waals surface area contributed by atoms with Gasteiger partial charge < -0.3 is 9.64 Å². The number of ether oxygens (including phenoxy) is 1. The first-order chi connectivity index (χ1) is 9.86. The molecule has 0 spiro atoms. The standard InChI is InChI=1S/C15H19FN4O/c1-9(2)13-17-14(20(4)5)19-15(18-13)21-11-7-6-10(3)12(16)8-11/h6-9H,1-5H3. The van der Waals surface area contributed by atoms with Gasteiger partial charge in [0.25, 0.3) is 0 Å². The van der Waals surface area contributed by atoms with Gasteiger partial charge in [-0.15, -0.1) is 0 Å². The Hall–Kier alpha value is -2.24. The molecule has 2 aromatic rings. The third kappa shape index (κ3) is 3.65. The number of anilines is 1. The minimum absolute atomic E-state index is 0.142. The van der Waals surface area contributed by atoms with Crippen LogP contribution in [0.25, 0.3) is 0 Å². The molecule has 0 saturated heterocycles. The maximum absolute atomic E-state index is 13.6. The Bertz CT molecular complexity index is 617. The highest BCUT2D eigenvalue weighted by Crippen LogP contribution is 2.23. The summed E-state index contributed by atoms with van der Waals surface area (Å²) in [6, 6.07) is 4.83. The molecular formula is C15H19FN4O. The van der Waals surface area contributed by atoms with Crippen LogP contribution in [0.5, 0.6) is 11.8 Å². The predicted molar refractivity (Wildman–Crippen MR) is 79.5 cm³/mol. The van der Waals surface area contributed by atoms with E-state index in [1.807, 2.05) is 27.9 Å². The van der Waals surface area contributed by atoms with Crippen molar-refractivity contribution in [2.75, 3.05) is 19.0 Å². The lowest BCUT2D eigenvalue weighted by molar-refractivity contribution is 0.430. The summed E-state index contributed by atoms with van der Waals surface area (Å²) in [6.45, 7) is 5.68. The first-order valence-electron chi connectivity index (χ1n) is 6.74. The number of aryl methyl sites for hydroxylation is 1. The van der Waals surface area contributed by atoms with Crippen molar-refractivity contribution in [2.45, 2.75) is 26.7 Å². The van der Waals surface area contributed by atoms with Crippen molar-refractivity contribution < 1.29 is 9.13 Å². The SMILES string of the molecule is Cc1ccc(Oc2nc(C(C)C)nc(N(C)C)n2)cc1F. The van der Waals surface area contributed by atoms with E-state index in [0.717, 1.165) is 0 Å². The van der Waals surface area contributed by atoms with Gasteiger partial charge in [-0.25, -0.2) is 4.39 Å². The average molecular weight is 290 g/mol. The summed E-state index contributed by atoms with van der Waals surface area (Å²) in [4.78, 5) is 14.6. The summed E-state index contributed by atoms with van der Waals surface area (Å²) >= 11 is 0. The molecule has 1 heterocycles. The average Bonchev–Trinajstić information content (AvgIpc) is 2.42. The number of halogens is 1. The Morgan fingerprint density at radius 1 is 1.14 bits per heavy atom. The van der Waals surface area contributed by atoms with Gasteiger partial charge in [0.2, 0.25) is 5.95 Å². The first-order valence-corrected chi connectivity index (χ1v) is 6.74. The van der Waals surface area contributed by atoms with Crippen LogP contribution in [0.4, 0.5) is 10.3 Å². The van der Waals surface area contributed by atoms with E-state index >= 15 is 0 Å². The lowest BCUT2D eigenvalue weighted by Gasteiger charge is -2.14. The van der Waals surface area contributed by atoms with Crippen LogP contribution in [0.1, 0.15) is 31.2 Å². The van der Waals surface area contributed by atoms with Crippen LogP contribution in [0.15, 0.2) is 18.2 Å². The maximum Gasteiger partial charge on any atom is 0.327 e. The molecule has 0 unspecified atom stereocenters. The molecule has 0 aliphatic heterocycles. The van der Waals surface area contributed by atoms with E-state index in [2.05, 4.69) is 15.0 Å². The third-order valence-electron chi connectivity index (χ3n) is 2.89. The van der Waals surface area contributed by atoms with Crippen molar-refractivity contribution in [2.24, 2.45) is 0 Å². The highest BCUT2D eigenvalue weighted by Gasteiger charge is 2.13. The lowest BCUT2D eigenvalue weighted by atomic mass is 10.2. The largest absolute Gasteiger partial charge is 0.424 e. The monoisotopic (exact) mass is 290 g/mol. The van der Waals surface area contributed by atoms with E-state index in [1.54, 1.807) is 24.0 Å². The summed E-state index contributed by atoms with van der Waals surface area (Å²) in [6.07, 6.45) is 0. The van der Waals surface area contributed by atoms with Crippen LogP contribution in [-0.2, 0) is 0 Å². The normalized spacial score (nSPS) is 10.8. The Kier molecular flexibility index (Phi) is 4.35. The van der Waals surface area contributed by atoms with Gasteiger partial charge in [0.1, 0.15) is 17.4 Å². The fourth-order valence-electron chi connectivity index (χ4n) is 1.61. The molecule has 0 N–H and O–H groups in total. The highest BCUT2D eigenvalue weighted by molar-refractivity contribution is 5.32. The minimum atomic E-state index is -0.321. The van der Waals surface area contributed by atoms with E-state index in [9.17, 15) is 4.39 Å². The molecule has 0 atom stereocenters. The second-order valence-corrected chi connectivity index (χ2v) is 5.34. The minimum Gasteiger partial charge on any atom is -0.424 e. The summed E-state index contributed by atoms with van der Waals surface area (Å²) in [5.74, 6) is 1.33. The van der Waals surface area contributed by atoms with Gasteiger partial charge in [0.15, 0.2) is 0 Å². The van der Waals surface area contributed by atoms with E-state index < -0.39 is 0 Å². The van der Waals surface area contributed by atoms with Crippen LogP contribution in [0.3, 0.4) is 0 Å². The fraction of sp³-hybridized carbons (Fsp3) is 0.400. The number of benzene rings is 1. The molecule has 0 saturated carbocycles. The summed E-state index contributed by atoms with van der Waals surface area (Å²) in [5, 5.41) is 0. The van der Waals surface area contributed by atoms with E-state index in [-0.39, 0.29) is 17.7 Å². The fourth-order valence-corrected chi connectivity index (χ4v) is 1.61. The molecule has 0 radical (unpaired) electrons. The molecule has 0 amide bonds. The number of hydrogen-bond acceptors (Lipinski definition) is 5. The van der Waals surface area contributed by atoms with Gasteiger partial charge in [-0.3, -0.25) is 0 Å². The van der Waals surface area contributed by atoms with E-state index in [0.29, 0.717) is 23.1 Å². The van der Waals surface area contributed by atoms with Crippen LogP contribution < -0.4 is 9.64 Å². The van der Waals surface area contributed by atoms with E-state index in [4.69, 9.17) is 4.74 Å². The van der Waals surface area contributed by atoms with Gasteiger partial charge in [0, 0.05) is 26.1 Å². The molecule has 1 aromatic carbocycles. The predicted octanol–water partition coefficient (Wildman–Crippen LogP) is 3.30. The number of nitrogens with zero attached hydrogens (tertiary/aromatic N) is 4. The van der Waals surface area contributed by atoms with Gasteiger partial charge in [-0.2, -0.15) is 15.0 Å². The van der Waals surface area contributed by atoms with Gasteiger partial charge >= 0.3 is 6.01 Å². The Balaban J connectivity index is 2.36. The molecule has 1 aromatic heterocycles. The third-order valence-corrected chi connectivity index (χ3v) is 2.89. The number of aromatic nitrogens is 3. The van der Waals surface area contributed by atoms with Crippen molar-refractivity contribution in [3.63, 3.8) is 0 Å². The second-order valence-electron chi connectivity index (χ2n) is 5.34. The molecule has 6 heteroatoms. The Labute approximate surface area is 123 Å². The number of hydrogen-bond donors (Lipinski definition) is 0. The second kappa shape index (κ2) is 6.03. The zero-order valence-electron chi connectivity index (χ0n) is 12.9. The molecule has 112 valence electrons. The lowest BCUT2D eigenvalue weighted by Crippen LogP contribution is -2.15. The first kappa shape index (κ1) is 15.2. The van der Waals surface area contributed by atoms with Crippen molar-refractivity contribution in [1.82, 2.24) is 15.0 Å². The van der Waals surface area contributed by atoms with Crippen LogP contribution in [0.2, 0.25) is 0 Å². The van der Waals surface area contributed by atoms with Crippen molar-refractivity contribution >= 4 is 5.95 Å². The smallest absolute Gasteiger partial charge is 0.327 e. The van der Waals surface area contributed by atoms with E-state index in [1.165, 1.54) is 6.07 Å². The van der Waals surface area contributed by atoms with Crippen molar-refractivity contribution in [1.29, 1.82) is 0 Å². The topological polar surface area (TPSA) is 51.1 Å².